The highest BCUT2D eigenvalue weighted by atomic mass is 16.5. The monoisotopic (exact) mass is 333 g/mol. The molecule has 0 atom stereocenters. The Morgan fingerprint density at radius 2 is 1.88 bits per heavy atom. The van der Waals surface area contributed by atoms with E-state index in [0.717, 1.165) is 21.9 Å². The Bertz CT molecular complexity index is 1160. The molecule has 3 N–H and O–H groups in total. The van der Waals surface area contributed by atoms with Gasteiger partial charge in [0.1, 0.15) is 0 Å². The van der Waals surface area contributed by atoms with Gasteiger partial charge in [-0.15, -0.1) is 0 Å². The summed E-state index contributed by atoms with van der Waals surface area (Å²) >= 11 is 0. The van der Waals surface area contributed by atoms with Crippen LogP contribution in [0.4, 0.5) is 10.5 Å². The first-order valence-corrected chi connectivity index (χ1v) is 7.74. The van der Waals surface area contributed by atoms with Crippen LogP contribution >= 0.6 is 0 Å². The molecule has 0 saturated heterocycles. The average molecular weight is 333 g/mol. The molecule has 1 amide bonds. The van der Waals surface area contributed by atoms with Crippen LogP contribution in [0.3, 0.4) is 0 Å². The molecule has 0 aliphatic rings. The van der Waals surface area contributed by atoms with Crippen LogP contribution in [0.15, 0.2) is 59.5 Å². The Kier molecular flexibility index (Phi) is 3.50. The Hall–Kier alpha value is -3.54. The molecule has 2 heterocycles. The average Bonchev–Trinajstić information content (AvgIpc) is 3.05. The van der Waals surface area contributed by atoms with Crippen molar-refractivity contribution < 1.29 is 9.53 Å². The molecule has 6 nitrogen and oxygen atoms in total. The zero-order valence-corrected chi connectivity index (χ0v) is 13.4. The number of pyridine rings is 1. The Morgan fingerprint density at radius 1 is 1.04 bits per heavy atom. The third-order valence-corrected chi connectivity index (χ3v) is 4.16. The second kappa shape index (κ2) is 5.83. The van der Waals surface area contributed by atoms with E-state index >= 15 is 0 Å². The smallest absolute Gasteiger partial charge is 0.411 e. The molecular formula is C19H15N3O3. The van der Waals surface area contributed by atoms with Gasteiger partial charge < -0.3 is 14.7 Å². The number of fused-ring (bicyclic) bond motifs is 2. The predicted octanol–water partition coefficient (Wildman–Crippen LogP) is 3.85. The van der Waals surface area contributed by atoms with Crippen LogP contribution in [0.1, 0.15) is 0 Å². The van der Waals surface area contributed by atoms with Gasteiger partial charge in [0.2, 0.25) is 0 Å². The number of para-hydroxylation sites is 1. The summed E-state index contributed by atoms with van der Waals surface area (Å²) in [6.07, 6.45) is 1.28. The van der Waals surface area contributed by atoms with Gasteiger partial charge in [-0.2, -0.15) is 0 Å². The number of carbonyl (C=O) groups excluding carboxylic acids is 1. The molecule has 6 heteroatoms. The lowest BCUT2D eigenvalue weighted by molar-refractivity contribution is 0.187. The Morgan fingerprint density at radius 3 is 2.72 bits per heavy atom. The van der Waals surface area contributed by atoms with Gasteiger partial charge in [-0.1, -0.05) is 24.3 Å². The minimum atomic E-state index is -0.558. The molecule has 124 valence electrons. The van der Waals surface area contributed by atoms with Crippen molar-refractivity contribution in [3.05, 3.63) is 65.1 Å². The van der Waals surface area contributed by atoms with Crippen molar-refractivity contribution in [2.45, 2.75) is 0 Å². The first kappa shape index (κ1) is 15.0. The fraction of sp³-hybridized carbons (Fsp3) is 0.0526. The maximum absolute atomic E-state index is 12.6. The van der Waals surface area contributed by atoms with Gasteiger partial charge in [-0.05, 0) is 29.7 Å². The maximum atomic E-state index is 12.6. The number of H-pyrrole nitrogens is 2. The largest absolute Gasteiger partial charge is 0.453 e. The zero-order chi connectivity index (χ0) is 17.4. The number of aromatic nitrogens is 2. The number of ether oxygens (including phenoxy) is 1. The molecule has 4 aromatic rings. The summed E-state index contributed by atoms with van der Waals surface area (Å²) < 4.78 is 4.57. The van der Waals surface area contributed by atoms with E-state index in [9.17, 15) is 9.59 Å². The summed E-state index contributed by atoms with van der Waals surface area (Å²) in [6.45, 7) is 0. The van der Waals surface area contributed by atoms with Gasteiger partial charge in [0, 0.05) is 33.9 Å². The first-order chi connectivity index (χ1) is 12.2. The highest BCUT2D eigenvalue weighted by Crippen LogP contribution is 2.28. The van der Waals surface area contributed by atoms with Gasteiger partial charge in [0.05, 0.1) is 12.6 Å². The number of rotatable bonds is 2. The molecule has 25 heavy (non-hydrogen) atoms. The lowest BCUT2D eigenvalue weighted by Crippen LogP contribution is -2.12. The van der Waals surface area contributed by atoms with E-state index in [1.165, 1.54) is 7.11 Å². The van der Waals surface area contributed by atoms with Gasteiger partial charge >= 0.3 is 6.09 Å². The molecule has 0 fully saturated rings. The molecule has 0 spiro atoms. The van der Waals surface area contributed by atoms with Gasteiger partial charge in [-0.25, -0.2) is 4.79 Å². The lowest BCUT2D eigenvalue weighted by atomic mass is 10.0. The number of benzene rings is 2. The number of carbonyl (C=O) groups is 1. The van der Waals surface area contributed by atoms with Crippen LogP contribution in [0.25, 0.3) is 32.9 Å². The van der Waals surface area contributed by atoms with E-state index in [1.807, 2.05) is 42.6 Å². The topological polar surface area (TPSA) is 87.0 Å². The Labute approximate surface area is 142 Å². The minimum absolute atomic E-state index is 0.188. The number of nitrogens with one attached hydrogen (secondary N) is 3. The molecule has 0 aliphatic heterocycles. The van der Waals surface area contributed by atoms with E-state index in [0.29, 0.717) is 16.8 Å². The Balaban J connectivity index is 1.84. The molecule has 2 aromatic carbocycles. The summed E-state index contributed by atoms with van der Waals surface area (Å²) in [6, 6.07) is 15.0. The third-order valence-electron chi connectivity index (χ3n) is 4.16. The van der Waals surface area contributed by atoms with Crippen molar-refractivity contribution in [1.82, 2.24) is 9.97 Å². The molecule has 0 saturated carbocycles. The van der Waals surface area contributed by atoms with E-state index in [1.54, 1.807) is 12.1 Å². The fourth-order valence-corrected chi connectivity index (χ4v) is 2.94. The van der Waals surface area contributed by atoms with Crippen LogP contribution in [0.5, 0.6) is 0 Å². The van der Waals surface area contributed by atoms with E-state index < -0.39 is 6.09 Å². The van der Waals surface area contributed by atoms with E-state index in [4.69, 9.17) is 0 Å². The number of hydrogen-bond donors (Lipinski definition) is 3. The molecule has 0 aliphatic carbocycles. The summed E-state index contributed by atoms with van der Waals surface area (Å²) in [7, 11) is 1.30. The van der Waals surface area contributed by atoms with Crippen LogP contribution < -0.4 is 10.9 Å². The highest BCUT2D eigenvalue weighted by molar-refractivity contribution is 5.98. The number of hydrogen-bond acceptors (Lipinski definition) is 3. The van der Waals surface area contributed by atoms with E-state index in [-0.39, 0.29) is 5.56 Å². The molecule has 0 unspecified atom stereocenters. The van der Waals surface area contributed by atoms with Crippen molar-refractivity contribution in [3.8, 4) is 11.1 Å². The van der Waals surface area contributed by atoms with Crippen molar-refractivity contribution in [1.29, 1.82) is 0 Å². The summed E-state index contributed by atoms with van der Waals surface area (Å²) in [4.78, 5) is 30.0. The highest BCUT2D eigenvalue weighted by Gasteiger charge is 2.11. The van der Waals surface area contributed by atoms with Crippen molar-refractivity contribution in [3.63, 3.8) is 0 Å². The number of amides is 1. The van der Waals surface area contributed by atoms with Crippen molar-refractivity contribution in [2.75, 3.05) is 12.4 Å². The SMILES string of the molecule is COC(=O)Nc1ccc2cc(-c3c[nH]c4ccccc34)c(=O)[nH]c2c1. The molecule has 0 bridgehead atoms. The second-order valence-corrected chi connectivity index (χ2v) is 5.68. The lowest BCUT2D eigenvalue weighted by Gasteiger charge is -2.07. The fourth-order valence-electron chi connectivity index (χ4n) is 2.94. The summed E-state index contributed by atoms with van der Waals surface area (Å²) in [5.74, 6) is 0. The zero-order valence-electron chi connectivity index (χ0n) is 13.4. The first-order valence-electron chi connectivity index (χ1n) is 7.74. The third kappa shape index (κ3) is 2.63. The summed E-state index contributed by atoms with van der Waals surface area (Å²) in [5.41, 5.74) is 3.44. The van der Waals surface area contributed by atoms with Crippen LogP contribution in [0, 0.1) is 0 Å². The predicted molar refractivity (Wildman–Crippen MR) is 97.9 cm³/mol. The normalized spacial score (nSPS) is 10.9. The molecule has 2 aromatic heterocycles. The quantitative estimate of drug-likeness (QED) is 0.520. The molecule has 4 rings (SSSR count). The minimum Gasteiger partial charge on any atom is -0.453 e. The summed E-state index contributed by atoms with van der Waals surface area (Å²) in [5, 5.41) is 4.45. The van der Waals surface area contributed by atoms with Gasteiger partial charge in [0.25, 0.3) is 5.56 Å². The standard InChI is InChI=1S/C19H15N3O3/c1-25-19(24)21-12-7-6-11-8-14(18(23)22-17(11)9-12)15-10-20-16-5-3-2-4-13(15)16/h2-10,20H,1H3,(H,21,24)(H,22,23). The molecule has 0 radical (unpaired) electrons. The van der Waals surface area contributed by atoms with E-state index in [2.05, 4.69) is 20.0 Å². The number of aromatic amines is 2. The van der Waals surface area contributed by atoms with Gasteiger partial charge in [0.15, 0.2) is 0 Å². The van der Waals surface area contributed by atoms with Gasteiger partial charge in [-0.3, -0.25) is 10.1 Å². The number of anilines is 1. The molecular weight excluding hydrogens is 318 g/mol. The van der Waals surface area contributed by atoms with Crippen LogP contribution in [0.2, 0.25) is 0 Å². The van der Waals surface area contributed by atoms with Crippen LogP contribution in [-0.4, -0.2) is 23.2 Å². The van der Waals surface area contributed by atoms with Crippen molar-refractivity contribution in [2.24, 2.45) is 0 Å². The number of methoxy groups -OCH3 is 1. The van der Waals surface area contributed by atoms with Crippen molar-refractivity contribution >= 4 is 33.6 Å². The van der Waals surface area contributed by atoms with Crippen LogP contribution in [-0.2, 0) is 4.74 Å². The maximum Gasteiger partial charge on any atom is 0.411 e. The second-order valence-electron chi connectivity index (χ2n) is 5.68.